The van der Waals surface area contributed by atoms with Crippen molar-refractivity contribution in [3.05, 3.63) is 29.5 Å². The summed E-state index contributed by atoms with van der Waals surface area (Å²) >= 11 is 0. The van der Waals surface area contributed by atoms with E-state index in [2.05, 4.69) is 10.3 Å². The topological polar surface area (TPSA) is 54.1 Å². The Hall–Kier alpha value is -1.81. The normalized spacial score (nSPS) is 14.8. The first-order valence-corrected chi connectivity index (χ1v) is 6.61. The second kappa shape index (κ2) is 4.70. The van der Waals surface area contributed by atoms with E-state index in [1.807, 2.05) is 19.1 Å². The number of methoxy groups -OCH3 is 1. The number of aryl methyl sites for hydroxylation is 1. The van der Waals surface area contributed by atoms with Gasteiger partial charge in [-0.3, -0.25) is 4.79 Å². The van der Waals surface area contributed by atoms with Crippen molar-refractivity contribution in [2.24, 2.45) is 0 Å². The Labute approximate surface area is 112 Å². The lowest BCUT2D eigenvalue weighted by atomic mass is 10.1. The first-order valence-electron chi connectivity index (χ1n) is 6.61. The third kappa shape index (κ3) is 2.36. The van der Waals surface area contributed by atoms with Gasteiger partial charge in [0.15, 0.2) is 5.78 Å². The Bertz CT molecular complexity index is 626. The Balaban J connectivity index is 1.93. The summed E-state index contributed by atoms with van der Waals surface area (Å²) in [6.07, 6.45) is 4.18. The number of fused-ring (bicyclic) bond motifs is 1. The monoisotopic (exact) mass is 258 g/mol. The van der Waals surface area contributed by atoms with Gasteiger partial charge in [0, 0.05) is 28.7 Å². The van der Waals surface area contributed by atoms with E-state index in [9.17, 15) is 4.79 Å². The molecule has 1 aliphatic rings. The molecule has 0 atom stereocenters. The number of Topliss-reactive ketones (excluding diaryl/α,β-unsaturated/α-hetero) is 1. The molecule has 1 aliphatic carbocycles. The molecule has 3 rings (SSSR count). The summed E-state index contributed by atoms with van der Waals surface area (Å²) in [6, 6.07) is 4.43. The quantitative estimate of drug-likeness (QED) is 0.810. The fourth-order valence-corrected chi connectivity index (χ4v) is 2.35. The zero-order valence-corrected chi connectivity index (χ0v) is 11.2. The van der Waals surface area contributed by atoms with E-state index >= 15 is 0 Å². The van der Waals surface area contributed by atoms with Crippen LogP contribution >= 0.6 is 0 Å². The minimum Gasteiger partial charge on any atom is -0.497 e. The minimum atomic E-state index is 0.130. The van der Waals surface area contributed by atoms with Gasteiger partial charge in [-0.2, -0.15) is 0 Å². The molecule has 0 spiro atoms. The van der Waals surface area contributed by atoms with Crippen LogP contribution in [0.1, 0.15) is 28.8 Å². The minimum absolute atomic E-state index is 0.130. The highest BCUT2D eigenvalue weighted by Gasteiger charge is 2.22. The predicted molar refractivity (Wildman–Crippen MR) is 74.9 cm³/mol. The summed E-state index contributed by atoms with van der Waals surface area (Å²) in [7, 11) is 1.64. The molecule has 1 aromatic carbocycles. The second-order valence-corrected chi connectivity index (χ2v) is 5.15. The van der Waals surface area contributed by atoms with Crippen LogP contribution in [-0.4, -0.2) is 30.5 Å². The van der Waals surface area contributed by atoms with Crippen molar-refractivity contribution in [3.8, 4) is 5.75 Å². The van der Waals surface area contributed by atoms with E-state index in [1.54, 1.807) is 13.3 Å². The smallest absolute Gasteiger partial charge is 0.178 e. The lowest BCUT2D eigenvalue weighted by molar-refractivity contribution is 0.0992. The molecule has 1 saturated carbocycles. The largest absolute Gasteiger partial charge is 0.497 e. The molecular formula is C15H18N2O2. The van der Waals surface area contributed by atoms with E-state index in [0.29, 0.717) is 12.6 Å². The number of nitrogens with one attached hydrogen (secondary N) is 2. The number of aromatic nitrogens is 1. The number of ether oxygens (including phenoxy) is 1. The van der Waals surface area contributed by atoms with Crippen molar-refractivity contribution in [3.63, 3.8) is 0 Å². The summed E-state index contributed by atoms with van der Waals surface area (Å²) in [4.78, 5) is 15.4. The van der Waals surface area contributed by atoms with Crippen LogP contribution in [0.25, 0.3) is 10.9 Å². The maximum atomic E-state index is 12.2. The van der Waals surface area contributed by atoms with Crippen molar-refractivity contribution >= 4 is 16.7 Å². The molecule has 0 bridgehead atoms. The maximum absolute atomic E-state index is 12.2. The van der Waals surface area contributed by atoms with E-state index in [-0.39, 0.29) is 5.78 Å². The van der Waals surface area contributed by atoms with Crippen molar-refractivity contribution < 1.29 is 9.53 Å². The second-order valence-electron chi connectivity index (χ2n) is 5.15. The molecule has 1 aromatic heterocycles. The Kier molecular flexibility index (Phi) is 3.03. The predicted octanol–water partition coefficient (Wildman–Crippen LogP) is 2.42. The molecule has 0 aliphatic heterocycles. The van der Waals surface area contributed by atoms with Gasteiger partial charge in [0.25, 0.3) is 0 Å². The van der Waals surface area contributed by atoms with Crippen molar-refractivity contribution in [2.45, 2.75) is 25.8 Å². The molecule has 0 unspecified atom stereocenters. The number of H-pyrrole nitrogens is 1. The van der Waals surface area contributed by atoms with Gasteiger partial charge in [-0.05, 0) is 37.5 Å². The molecule has 0 amide bonds. The molecule has 1 heterocycles. The molecule has 19 heavy (non-hydrogen) atoms. The molecule has 2 aromatic rings. The van der Waals surface area contributed by atoms with Crippen LogP contribution in [0, 0.1) is 6.92 Å². The number of carbonyl (C=O) groups is 1. The Morgan fingerprint density at radius 2 is 2.26 bits per heavy atom. The van der Waals surface area contributed by atoms with Gasteiger partial charge in [0.1, 0.15) is 5.75 Å². The van der Waals surface area contributed by atoms with Crippen molar-refractivity contribution in [1.82, 2.24) is 10.3 Å². The summed E-state index contributed by atoms with van der Waals surface area (Å²) in [5.41, 5.74) is 2.84. The highest BCUT2D eigenvalue weighted by Crippen LogP contribution is 2.27. The van der Waals surface area contributed by atoms with E-state index in [0.717, 1.165) is 27.8 Å². The van der Waals surface area contributed by atoms with Crippen LogP contribution < -0.4 is 10.1 Å². The summed E-state index contributed by atoms with van der Waals surface area (Å²) in [6.45, 7) is 2.42. The third-order valence-corrected chi connectivity index (χ3v) is 3.62. The van der Waals surface area contributed by atoms with E-state index in [1.165, 1.54) is 12.8 Å². The first-order chi connectivity index (χ1) is 9.19. The van der Waals surface area contributed by atoms with E-state index in [4.69, 9.17) is 4.74 Å². The lowest BCUT2D eigenvalue weighted by Gasteiger charge is -2.05. The molecule has 100 valence electrons. The van der Waals surface area contributed by atoms with E-state index < -0.39 is 0 Å². The summed E-state index contributed by atoms with van der Waals surface area (Å²) in [5.74, 6) is 0.916. The van der Waals surface area contributed by atoms with Crippen LogP contribution in [0.3, 0.4) is 0 Å². The number of hydrogen-bond donors (Lipinski definition) is 2. The number of ketones is 1. The van der Waals surface area contributed by atoms with Gasteiger partial charge in [0.05, 0.1) is 13.7 Å². The van der Waals surface area contributed by atoms with Gasteiger partial charge in [-0.1, -0.05) is 0 Å². The van der Waals surface area contributed by atoms with Crippen LogP contribution in [-0.2, 0) is 0 Å². The highest BCUT2D eigenvalue weighted by molar-refractivity contribution is 6.09. The standard InChI is InChI=1S/C15H18N2O2/c1-9-5-11(19-2)6-12-13(7-17-15(9)12)14(18)8-16-10-3-4-10/h5-7,10,16-17H,3-4,8H2,1-2H3. The molecule has 0 radical (unpaired) electrons. The molecule has 0 saturated heterocycles. The fraction of sp³-hybridized carbons (Fsp3) is 0.400. The van der Waals surface area contributed by atoms with Gasteiger partial charge in [-0.25, -0.2) is 0 Å². The Morgan fingerprint density at radius 3 is 2.95 bits per heavy atom. The number of benzene rings is 1. The lowest BCUT2D eigenvalue weighted by Crippen LogP contribution is -2.24. The Morgan fingerprint density at radius 1 is 1.47 bits per heavy atom. The van der Waals surface area contributed by atoms with Gasteiger partial charge < -0.3 is 15.0 Å². The average Bonchev–Trinajstić information content (AvgIpc) is 3.13. The molecule has 1 fully saturated rings. The maximum Gasteiger partial charge on any atom is 0.178 e. The van der Waals surface area contributed by atoms with Gasteiger partial charge in [-0.15, -0.1) is 0 Å². The number of carbonyl (C=O) groups excluding carboxylic acids is 1. The SMILES string of the molecule is COc1cc(C)c2[nH]cc(C(=O)CNC3CC3)c2c1. The molecular weight excluding hydrogens is 240 g/mol. The summed E-state index contributed by atoms with van der Waals surface area (Å²) in [5, 5.41) is 4.20. The molecule has 2 N–H and O–H groups in total. The molecule has 4 nitrogen and oxygen atoms in total. The zero-order valence-electron chi connectivity index (χ0n) is 11.2. The zero-order chi connectivity index (χ0) is 13.4. The van der Waals surface area contributed by atoms with Crippen LogP contribution in [0.15, 0.2) is 18.3 Å². The van der Waals surface area contributed by atoms with Crippen molar-refractivity contribution in [2.75, 3.05) is 13.7 Å². The molecule has 4 heteroatoms. The number of aromatic amines is 1. The summed E-state index contributed by atoms with van der Waals surface area (Å²) < 4.78 is 5.27. The van der Waals surface area contributed by atoms with Gasteiger partial charge in [0.2, 0.25) is 0 Å². The number of hydrogen-bond acceptors (Lipinski definition) is 3. The fourth-order valence-electron chi connectivity index (χ4n) is 2.35. The third-order valence-electron chi connectivity index (χ3n) is 3.62. The van der Waals surface area contributed by atoms with Crippen LogP contribution in [0.2, 0.25) is 0 Å². The van der Waals surface area contributed by atoms with Crippen LogP contribution in [0.5, 0.6) is 5.75 Å². The van der Waals surface area contributed by atoms with Crippen LogP contribution in [0.4, 0.5) is 0 Å². The van der Waals surface area contributed by atoms with Gasteiger partial charge >= 0.3 is 0 Å². The van der Waals surface area contributed by atoms with Crippen molar-refractivity contribution in [1.29, 1.82) is 0 Å². The first kappa shape index (κ1) is 12.2. The highest BCUT2D eigenvalue weighted by atomic mass is 16.5. The average molecular weight is 258 g/mol. The number of rotatable bonds is 5.